The molecular weight excluding hydrogens is 442 g/mol. The molecule has 3 heterocycles. The first-order valence-corrected chi connectivity index (χ1v) is 11.1. The van der Waals surface area contributed by atoms with E-state index in [1.54, 1.807) is 16.2 Å². The van der Waals surface area contributed by atoms with E-state index in [4.69, 9.17) is 16.1 Å². The van der Waals surface area contributed by atoms with Crippen LogP contribution in [-0.2, 0) is 6.42 Å². The summed E-state index contributed by atoms with van der Waals surface area (Å²) in [7, 11) is 0. The molecule has 1 aliphatic rings. The Kier molecular flexibility index (Phi) is 6.59. The molecule has 0 saturated carbocycles. The smallest absolute Gasteiger partial charge is 0.270 e. The lowest BCUT2D eigenvalue weighted by atomic mass is 10.1. The van der Waals surface area contributed by atoms with E-state index in [1.165, 1.54) is 18.2 Å². The SMILES string of the molecule is O=C(c1ccc([N+](=O)[O-])cc1Cl)N1CCN(CCCc2nc(-c3cccs3)no2)CC1. The Bertz CT molecular complexity index is 1060. The van der Waals surface area contributed by atoms with Crippen molar-refractivity contribution in [3.8, 4) is 10.7 Å². The van der Waals surface area contributed by atoms with Gasteiger partial charge in [-0.25, -0.2) is 0 Å². The van der Waals surface area contributed by atoms with Crippen LogP contribution in [0.15, 0.2) is 40.2 Å². The van der Waals surface area contributed by atoms with Gasteiger partial charge in [-0.3, -0.25) is 19.8 Å². The van der Waals surface area contributed by atoms with Gasteiger partial charge < -0.3 is 9.42 Å². The Morgan fingerprint density at radius 2 is 2.06 bits per heavy atom. The molecule has 0 atom stereocenters. The number of aryl methyl sites for hydroxylation is 1. The summed E-state index contributed by atoms with van der Waals surface area (Å²) in [6.07, 6.45) is 1.59. The first-order valence-electron chi connectivity index (χ1n) is 9.83. The van der Waals surface area contributed by atoms with Crippen molar-refractivity contribution in [3.63, 3.8) is 0 Å². The number of nitro groups is 1. The van der Waals surface area contributed by atoms with Gasteiger partial charge in [0.25, 0.3) is 11.6 Å². The lowest BCUT2D eigenvalue weighted by molar-refractivity contribution is -0.384. The molecule has 1 saturated heterocycles. The Morgan fingerprint density at radius 1 is 1.26 bits per heavy atom. The molecule has 0 N–H and O–H groups in total. The van der Waals surface area contributed by atoms with Crippen LogP contribution in [0.2, 0.25) is 5.02 Å². The summed E-state index contributed by atoms with van der Waals surface area (Å²) in [5, 5.41) is 16.9. The van der Waals surface area contributed by atoms with Gasteiger partial charge in [0.2, 0.25) is 11.7 Å². The molecule has 2 aromatic heterocycles. The molecule has 3 aromatic rings. The molecule has 1 fully saturated rings. The predicted octanol–water partition coefficient (Wildman–Crippen LogP) is 3.75. The number of benzene rings is 1. The molecule has 0 aliphatic carbocycles. The van der Waals surface area contributed by atoms with Crippen LogP contribution in [0.25, 0.3) is 10.7 Å². The number of aromatic nitrogens is 2. The summed E-state index contributed by atoms with van der Waals surface area (Å²) in [5.41, 5.74) is 0.161. The van der Waals surface area contributed by atoms with Crippen LogP contribution in [0.4, 0.5) is 5.69 Å². The van der Waals surface area contributed by atoms with Crippen molar-refractivity contribution in [3.05, 3.63) is 62.3 Å². The molecule has 0 spiro atoms. The van der Waals surface area contributed by atoms with Crippen LogP contribution in [0, 0.1) is 10.1 Å². The van der Waals surface area contributed by atoms with E-state index in [0.717, 1.165) is 30.9 Å². The molecule has 0 unspecified atom stereocenters. The zero-order valence-corrected chi connectivity index (χ0v) is 18.1. The van der Waals surface area contributed by atoms with Crippen LogP contribution in [-0.4, -0.2) is 63.5 Å². The van der Waals surface area contributed by atoms with Gasteiger partial charge in [-0.05, 0) is 30.5 Å². The zero-order valence-electron chi connectivity index (χ0n) is 16.6. The fourth-order valence-corrected chi connectivity index (χ4v) is 4.36. The molecule has 1 amide bonds. The number of piperazine rings is 1. The van der Waals surface area contributed by atoms with Gasteiger partial charge in [-0.15, -0.1) is 11.3 Å². The molecule has 9 nitrogen and oxygen atoms in total. The minimum absolute atomic E-state index is 0.100. The summed E-state index contributed by atoms with van der Waals surface area (Å²) in [6.45, 7) is 3.53. The first-order chi connectivity index (χ1) is 15.0. The molecule has 1 aromatic carbocycles. The fraction of sp³-hybridized carbons (Fsp3) is 0.350. The van der Waals surface area contributed by atoms with Crippen molar-refractivity contribution < 1.29 is 14.2 Å². The average molecular weight is 462 g/mol. The largest absolute Gasteiger partial charge is 0.339 e. The van der Waals surface area contributed by atoms with Crippen LogP contribution >= 0.6 is 22.9 Å². The number of amides is 1. The lowest BCUT2D eigenvalue weighted by Gasteiger charge is -2.34. The maximum atomic E-state index is 12.7. The highest BCUT2D eigenvalue weighted by molar-refractivity contribution is 7.13. The predicted molar refractivity (Wildman–Crippen MR) is 116 cm³/mol. The van der Waals surface area contributed by atoms with Gasteiger partial charge in [-0.2, -0.15) is 4.98 Å². The second-order valence-corrected chi connectivity index (χ2v) is 8.50. The monoisotopic (exact) mass is 461 g/mol. The Labute approximate surface area is 187 Å². The van der Waals surface area contributed by atoms with Crippen molar-refractivity contribution in [1.29, 1.82) is 0 Å². The van der Waals surface area contributed by atoms with E-state index in [0.29, 0.717) is 36.8 Å². The van der Waals surface area contributed by atoms with Crippen molar-refractivity contribution in [2.45, 2.75) is 12.8 Å². The number of carbonyl (C=O) groups excluding carboxylic acids is 1. The molecule has 162 valence electrons. The summed E-state index contributed by atoms with van der Waals surface area (Å²) >= 11 is 7.67. The van der Waals surface area contributed by atoms with Gasteiger partial charge in [0.1, 0.15) is 0 Å². The number of rotatable bonds is 7. The zero-order chi connectivity index (χ0) is 21.8. The molecule has 11 heteroatoms. The van der Waals surface area contributed by atoms with E-state index in [1.807, 2.05) is 17.5 Å². The quantitative estimate of drug-likeness (QED) is 0.389. The van der Waals surface area contributed by atoms with Gasteiger partial charge in [0.15, 0.2) is 0 Å². The molecule has 1 aliphatic heterocycles. The van der Waals surface area contributed by atoms with E-state index in [-0.39, 0.29) is 16.6 Å². The van der Waals surface area contributed by atoms with Crippen molar-refractivity contribution >= 4 is 34.5 Å². The van der Waals surface area contributed by atoms with Gasteiger partial charge >= 0.3 is 0 Å². The number of halogens is 1. The van der Waals surface area contributed by atoms with E-state index in [2.05, 4.69) is 15.0 Å². The molecule has 4 rings (SSSR count). The Hall–Kier alpha value is -2.82. The third-order valence-corrected chi connectivity index (χ3v) is 6.31. The van der Waals surface area contributed by atoms with Gasteiger partial charge in [-0.1, -0.05) is 22.8 Å². The molecule has 0 radical (unpaired) electrons. The molecule has 31 heavy (non-hydrogen) atoms. The van der Waals surface area contributed by atoms with Crippen LogP contribution in [0.1, 0.15) is 22.7 Å². The highest BCUT2D eigenvalue weighted by atomic mass is 35.5. The number of non-ortho nitro benzene ring substituents is 1. The standard InChI is InChI=1S/C20H20ClN5O4S/c21-16-13-14(26(28)29)5-6-15(16)20(27)25-10-8-24(9-11-25)7-1-4-18-22-19(23-30-18)17-3-2-12-31-17/h2-3,5-6,12-13H,1,4,7-11H2. The number of hydrogen-bond acceptors (Lipinski definition) is 8. The topological polar surface area (TPSA) is 106 Å². The summed E-state index contributed by atoms with van der Waals surface area (Å²) in [4.78, 5) is 32.5. The minimum Gasteiger partial charge on any atom is -0.339 e. The number of hydrogen-bond donors (Lipinski definition) is 0. The van der Waals surface area contributed by atoms with E-state index < -0.39 is 4.92 Å². The Balaban J connectivity index is 1.23. The summed E-state index contributed by atoms with van der Waals surface area (Å²) < 4.78 is 5.33. The normalized spacial score (nSPS) is 14.7. The highest BCUT2D eigenvalue weighted by Crippen LogP contribution is 2.24. The highest BCUT2D eigenvalue weighted by Gasteiger charge is 2.24. The number of carbonyl (C=O) groups is 1. The number of thiophene rings is 1. The Morgan fingerprint density at radius 3 is 2.74 bits per heavy atom. The van der Waals surface area contributed by atoms with Crippen LogP contribution < -0.4 is 0 Å². The van der Waals surface area contributed by atoms with E-state index in [9.17, 15) is 14.9 Å². The van der Waals surface area contributed by atoms with Crippen LogP contribution in [0.5, 0.6) is 0 Å². The lowest BCUT2D eigenvalue weighted by Crippen LogP contribution is -2.48. The maximum absolute atomic E-state index is 12.7. The second-order valence-electron chi connectivity index (χ2n) is 7.15. The maximum Gasteiger partial charge on any atom is 0.270 e. The minimum atomic E-state index is -0.532. The fourth-order valence-electron chi connectivity index (χ4n) is 3.45. The van der Waals surface area contributed by atoms with Gasteiger partial charge in [0, 0.05) is 44.7 Å². The molecule has 0 bridgehead atoms. The average Bonchev–Trinajstić information content (AvgIpc) is 3.46. The third-order valence-electron chi connectivity index (χ3n) is 5.13. The molecular formula is C20H20ClN5O4S. The second kappa shape index (κ2) is 9.54. The van der Waals surface area contributed by atoms with Gasteiger partial charge in [0.05, 0.1) is 20.4 Å². The van der Waals surface area contributed by atoms with Crippen molar-refractivity contribution in [2.24, 2.45) is 0 Å². The van der Waals surface area contributed by atoms with E-state index >= 15 is 0 Å². The summed E-state index contributed by atoms with van der Waals surface area (Å²) in [6, 6.07) is 7.85. The first kappa shape index (κ1) is 21.4. The van der Waals surface area contributed by atoms with Crippen molar-refractivity contribution in [2.75, 3.05) is 32.7 Å². The third kappa shape index (κ3) is 5.09. The summed E-state index contributed by atoms with van der Waals surface area (Å²) in [5.74, 6) is 1.05. The number of nitrogens with zero attached hydrogens (tertiary/aromatic N) is 5. The number of nitro benzene ring substituents is 1. The van der Waals surface area contributed by atoms with Crippen LogP contribution in [0.3, 0.4) is 0 Å². The van der Waals surface area contributed by atoms with Crippen molar-refractivity contribution in [1.82, 2.24) is 19.9 Å².